The minimum Gasteiger partial charge on any atom is -0.474 e. The average Bonchev–Trinajstić information content (AvgIpc) is 2.79. The van der Waals surface area contributed by atoms with Gasteiger partial charge in [-0.15, -0.1) is 0 Å². The van der Waals surface area contributed by atoms with Crippen LogP contribution in [0.5, 0.6) is 0 Å². The van der Waals surface area contributed by atoms with Gasteiger partial charge in [0.1, 0.15) is 6.10 Å². The second-order valence-electron chi connectivity index (χ2n) is 9.32. The van der Waals surface area contributed by atoms with Crippen molar-refractivity contribution in [1.82, 2.24) is 9.97 Å². The first kappa shape index (κ1) is 25.6. The van der Waals surface area contributed by atoms with E-state index in [1.54, 1.807) is 13.2 Å². The smallest absolute Gasteiger partial charge is 0.223 e. The van der Waals surface area contributed by atoms with E-state index in [9.17, 15) is 13.5 Å². The van der Waals surface area contributed by atoms with E-state index >= 15 is 0 Å². The topological polar surface area (TPSA) is 114 Å². The highest BCUT2D eigenvalue weighted by molar-refractivity contribution is 7.91. The molecule has 8 nitrogen and oxygen atoms in total. The molecule has 2 aliphatic rings. The van der Waals surface area contributed by atoms with Crippen molar-refractivity contribution in [2.75, 3.05) is 23.9 Å². The largest absolute Gasteiger partial charge is 0.474 e. The third-order valence-corrected chi connectivity index (χ3v) is 8.31. The van der Waals surface area contributed by atoms with Crippen LogP contribution < -0.4 is 5.32 Å². The Morgan fingerprint density at radius 3 is 2.55 bits per heavy atom. The molecule has 1 aromatic rings. The number of hydrogen-bond acceptors (Lipinski definition) is 8. The number of aliphatic hydroxyl groups excluding tert-OH is 1. The Labute approximate surface area is 197 Å². The number of nitrogens with zero attached hydrogens (tertiary/aromatic N) is 3. The first-order valence-corrected chi connectivity index (χ1v) is 13.9. The zero-order chi connectivity index (χ0) is 24.0. The quantitative estimate of drug-likeness (QED) is 0.433. The Hall–Kier alpha value is -2.00. The van der Waals surface area contributed by atoms with Gasteiger partial charge < -0.3 is 15.2 Å². The summed E-state index contributed by atoms with van der Waals surface area (Å²) in [6.45, 7) is 8.64. The van der Waals surface area contributed by atoms with Crippen LogP contribution in [0.25, 0.3) is 5.57 Å². The molecular weight excluding hydrogens is 440 g/mol. The van der Waals surface area contributed by atoms with Gasteiger partial charge in [0.15, 0.2) is 9.84 Å². The van der Waals surface area contributed by atoms with E-state index in [4.69, 9.17) is 9.72 Å². The third-order valence-electron chi connectivity index (χ3n) is 6.59. The highest BCUT2D eigenvalue weighted by Crippen LogP contribution is 2.35. The minimum absolute atomic E-state index is 0.132. The summed E-state index contributed by atoms with van der Waals surface area (Å²) in [5.41, 5.74) is 2.29. The first-order chi connectivity index (χ1) is 15.7. The number of ether oxygens (including phenoxy) is 1. The second-order valence-corrected chi connectivity index (χ2v) is 11.6. The van der Waals surface area contributed by atoms with E-state index in [1.807, 2.05) is 0 Å². The molecule has 184 valence electrons. The molecule has 33 heavy (non-hydrogen) atoms. The van der Waals surface area contributed by atoms with Crippen LogP contribution >= 0.6 is 0 Å². The van der Waals surface area contributed by atoms with Gasteiger partial charge in [-0.05, 0) is 63.4 Å². The van der Waals surface area contributed by atoms with Gasteiger partial charge in [0.05, 0.1) is 28.9 Å². The monoisotopic (exact) mass is 478 g/mol. The number of aliphatic imine (C=N–C) groups is 1. The van der Waals surface area contributed by atoms with Crippen molar-refractivity contribution in [2.45, 2.75) is 83.5 Å². The van der Waals surface area contributed by atoms with Gasteiger partial charge in [-0.2, -0.15) is 0 Å². The van der Waals surface area contributed by atoms with Crippen molar-refractivity contribution < 1.29 is 18.3 Å². The maximum Gasteiger partial charge on any atom is 0.223 e. The van der Waals surface area contributed by atoms with Crippen LogP contribution in [0.2, 0.25) is 0 Å². The highest BCUT2D eigenvalue weighted by Gasteiger charge is 2.29. The van der Waals surface area contributed by atoms with Crippen molar-refractivity contribution in [2.24, 2.45) is 10.9 Å². The fourth-order valence-corrected chi connectivity index (χ4v) is 6.02. The van der Waals surface area contributed by atoms with Gasteiger partial charge in [-0.25, -0.2) is 18.4 Å². The predicted molar refractivity (Wildman–Crippen MR) is 132 cm³/mol. The number of aliphatic hydroxyl groups is 1. The summed E-state index contributed by atoms with van der Waals surface area (Å²) in [6, 6.07) is 0.242. The van der Waals surface area contributed by atoms with Crippen molar-refractivity contribution in [3.8, 4) is 0 Å². The number of anilines is 1. The maximum absolute atomic E-state index is 11.8. The Kier molecular flexibility index (Phi) is 8.87. The molecule has 3 rings (SSSR count). The lowest BCUT2D eigenvalue weighted by Gasteiger charge is -2.28. The SMILES string of the molecule is C=C(c1nc(NC(C)CCC)ncc1C(=NC)OC1CCS(=O)(=O)CC1)C1CCC(O)CC1. The van der Waals surface area contributed by atoms with Crippen molar-refractivity contribution >= 4 is 27.3 Å². The summed E-state index contributed by atoms with van der Waals surface area (Å²) < 4.78 is 29.8. The summed E-state index contributed by atoms with van der Waals surface area (Å²) in [5.74, 6) is 1.45. The third kappa shape index (κ3) is 6.99. The Morgan fingerprint density at radius 1 is 1.27 bits per heavy atom. The number of hydrogen-bond donors (Lipinski definition) is 2. The van der Waals surface area contributed by atoms with E-state index in [-0.39, 0.29) is 35.7 Å². The van der Waals surface area contributed by atoms with Crippen molar-refractivity contribution in [3.63, 3.8) is 0 Å². The molecule has 0 amide bonds. The standard InChI is InChI=1S/C24H38N4O4S/c1-5-6-16(2)27-24-26-15-21(22(28-24)17(3)18-7-9-19(29)10-8-18)23(25-4)32-20-11-13-33(30,31)14-12-20/h15-16,18-20,29H,3,5-14H2,1-2,4H3,(H,26,27,28). The van der Waals surface area contributed by atoms with Gasteiger partial charge in [-0.1, -0.05) is 19.9 Å². The minimum atomic E-state index is -2.97. The second kappa shape index (κ2) is 11.4. The van der Waals surface area contributed by atoms with Crippen LogP contribution in [0.4, 0.5) is 5.95 Å². The van der Waals surface area contributed by atoms with E-state index in [2.05, 4.69) is 35.7 Å². The van der Waals surface area contributed by atoms with Crippen molar-refractivity contribution in [1.29, 1.82) is 0 Å². The normalized spacial score (nSPS) is 24.8. The highest BCUT2D eigenvalue weighted by atomic mass is 32.2. The van der Waals surface area contributed by atoms with Crippen molar-refractivity contribution in [3.05, 3.63) is 24.0 Å². The summed E-state index contributed by atoms with van der Waals surface area (Å²) in [5, 5.41) is 13.3. The van der Waals surface area contributed by atoms with Gasteiger partial charge in [0, 0.05) is 19.3 Å². The molecule has 1 aliphatic heterocycles. The fourth-order valence-electron chi connectivity index (χ4n) is 4.58. The summed E-state index contributed by atoms with van der Waals surface area (Å²) >= 11 is 0. The molecule has 2 N–H and O–H groups in total. The molecule has 0 bridgehead atoms. The van der Waals surface area contributed by atoms with Crippen LogP contribution in [0, 0.1) is 5.92 Å². The van der Waals surface area contributed by atoms with Crippen LogP contribution in [-0.4, -0.2) is 66.2 Å². The molecule has 1 aromatic heterocycles. The number of allylic oxidation sites excluding steroid dienone is 1. The van der Waals surface area contributed by atoms with Crippen LogP contribution in [0.1, 0.15) is 76.5 Å². The number of aromatic nitrogens is 2. The van der Waals surface area contributed by atoms with E-state index in [0.717, 1.165) is 44.1 Å². The van der Waals surface area contributed by atoms with Gasteiger partial charge >= 0.3 is 0 Å². The molecule has 0 radical (unpaired) electrons. The zero-order valence-electron chi connectivity index (χ0n) is 20.1. The Bertz CT molecular complexity index is 941. The zero-order valence-corrected chi connectivity index (χ0v) is 20.9. The van der Waals surface area contributed by atoms with Crippen LogP contribution in [0.15, 0.2) is 17.8 Å². The Morgan fingerprint density at radius 2 is 1.94 bits per heavy atom. The van der Waals surface area contributed by atoms with Crippen LogP contribution in [0.3, 0.4) is 0 Å². The fraction of sp³-hybridized carbons (Fsp3) is 0.708. The molecule has 1 atom stereocenters. The molecular formula is C24H38N4O4S. The van der Waals surface area contributed by atoms with Gasteiger partial charge in [-0.3, -0.25) is 4.99 Å². The van der Waals surface area contributed by atoms with Crippen LogP contribution in [-0.2, 0) is 14.6 Å². The van der Waals surface area contributed by atoms with Gasteiger partial charge in [0.25, 0.3) is 0 Å². The summed E-state index contributed by atoms with van der Waals surface area (Å²) in [6.07, 6.45) is 7.48. The number of sulfone groups is 1. The van der Waals surface area contributed by atoms with E-state index in [0.29, 0.717) is 35.9 Å². The van der Waals surface area contributed by atoms with E-state index < -0.39 is 9.84 Å². The molecule has 1 saturated heterocycles. The molecule has 2 fully saturated rings. The molecule has 1 aliphatic carbocycles. The lowest BCUT2D eigenvalue weighted by atomic mass is 9.81. The molecule has 9 heteroatoms. The first-order valence-electron chi connectivity index (χ1n) is 12.1. The average molecular weight is 479 g/mol. The lowest BCUT2D eigenvalue weighted by molar-refractivity contribution is 0.119. The molecule has 1 saturated carbocycles. The Balaban J connectivity index is 1.87. The predicted octanol–water partition coefficient (Wildman–Crippen LogP) is 3.61. The van der Waals surface area contributed by atoms with E-state index in [1.165, 1.54) is 0 Å². The molecule has 0 aromatic carbocycles. The number of nitrogens with one attached hydrogen (secondary N) is 1. The maximum atomic E-state index is 11.8. The molecule has 2 heterocycles. The molecule has 0 spiro atoms. The summed E-state index contributed by atoms with van der Waals surface area (Å²) in [4.78, 5) is 13.7. The number of rotatable bonds is 8. The lowest BCUT2D eigenvalue weighted by Crippen LogP contribution is -2.31. The molecule has 1 unspecified atom stereocenters. The van der Waals surface area contributed by atoms with Gasteiger partial charge in [0.2, 0.25) is 11.8 Å². The summed E-state index contributed by atoms with van der Waals surface area (Å²) in [7, 11) is -1.31.